The zero-order valence-electron chi connectivity index (χ0n) is 14.9. The molecular weight excluding hydrogens is 318 g/mol. The van der Waals surface area contributed by atoms with Crippen LogP contribution >= 0.6 is 0 Å². The van der Waals surface area contributed by atoms with Crippen molar-refractivity contribution in [2.75, 3.05) is 5.32 Å². The topological polar surface area (TPSA) is 80.3 Å². The van der Waals surface area contributed by atoms with E-state index in [2.05, 4.69) is 15.6 Å². The molecule has 1 unspecified atom stereocenters. The Morgan fingerprint density at radius 1 is 1.00 bits per heavy atom. The number of amides is 2. The van der Waals surface area contributed by atoms with Crippen molar-refractivity contribution in [2.24, 2.45) is 0 Å². The molecule has 2 aromatic rings. The van der Waals surface area contributed by atoms with Crippen LogP contribution in [-0.2, 0) is 9.53 Å². The molecule has 0 saturated heterocycles. The van der Waals surface area contributed by atoms with E-state index in [1.807, 2.05) is 36.4 Å². The normalized spacial score (nSPS) is 12.2. The van der Waals surface area contributed by atoms with E-state index >= 15 is 0 Å². The fraction of sp³-hybridized carbons (Fsp3) is 0.316. The number of ether oxygens (including phenoxy) is 1. The molecule has 132 valence electrons. The number of aromatic nitrogens is 1. The van der Waals surface area contributed by atoms with Gasteiger partial charge in [-0.25, -0.2) is 4.79 Å². The first-order valence-electron chi connectivity index (χ1n) is 8.05. The highest BCUT2D eigenvalue weighted by Gasteiger charge is 2.21. The van der Waals surface area contributed by atoms with Crippen LogP contribution in [0.15, 0.2) is 48.8 Å². The third kappa shape index (κ3) is 5.91. The Labute approximate surface area is 147 Å². The highest BCUT2D eigenvalue weighted by molar-refractivity contribution is 5.96. The van der Waals surface area contributed by atoms with Crippen molar-refractivity contribution < 1.29 is 14.3 Å². The standard InChI is InChI=1S/C19H23N3O3/c1-13(21-18(24)25-19(2,3)4)17(23)22-16-7-5-14(6-8-16)15-9-11-20-12-10-15/h5-13H,1-4H3,(H,21,24)(H,22,23). The smallest absolute Gasteiger partial charge is 0.408 e. The molecule has 6 heteroatoms. The predicted molar refractivity (Wildman–Crippen MR) is 97.1 cm³/mol. The maximum absolute atomic E-state index is 12.2. The molecule has 0 aliphatic rings. The molecule has 0 radical (unpaired) electrons. The van der Waals surface area contributed by atoms with Crippen LogP contribution in [-0.4, -0.2) is 28.6 Å². The van der Waals surface area contributed by atoms with E-state index in [1.165, 1.54) is 0 Å². The molecule has 0 saturated carbocycles. The number of carbonyl (C=O) groups is 2. The first-order valence-corrected chi connectivity index (χ1v) is 8.05. The van der Waals surface area contributed by atoms with Crippen molar-refractivity contribution in [1.82, 2.24) is 10.3 Å². The Morgan fingerprint density at radius 3 is 2.12 bits per heavy atom. The molecule has 0 fully saturated rings. The number of rotatable bonds is 4. The molecule has 25 heavy (non-hydrogen) atoms. The lowest BCUT2D eigenvalue weighted by Gasteiger charge is -2.21. The van der Waals surface area contributed by atoms with E-state index < -0.39 is 17.7 Å². The molecule has 2 rings (SSSR count). The zero-order chi connectivity index (χ0) is 18.4. The van der Waals surface area contributed by atoms with Gasteiger partial charge in [0.15, 0.2) is 0 Å². The van der Waals surface area contributed by atoms with Gasteiger partial charge >= 0.3 is 6.09 Å². The summed E-state index contributed by atoms with van der Waals surface area (Å²) in [5, 5.41) is 5.28. The van der Waals surface area contributed by atoms with E-state index in [-0.39, 0.29) is 5.91 Å². The van der Waals surface area contributed by atoms with Gasteiger partial charge in [-0.05, 0) is 63.1 Å². The summed E-state index contributed by atoms with van der Waals surface area (Å²) < 4.78 is 5.14. The minimum absolute atomic E-state index is 0.317. The number of hydrogen-bond acceptors (Lipinski definition) is 4. The second-order valence-electron chi connectivity index (χ2n) is 6.67. The Hall–Kier alpha value is -2.89. The Bertz CT molecular complexity index is 722. The molecule has 0 bridgehead atoms. The molecule has 1 aromatic carbocycles. The number of hydrogen-bond donors (Lipinski definition) is 2. The number of pyridine rings is 1. The third-order valence-electron chi connectivity index (χ3n) is 3.29. The van der Waals surface area contributed by atoms with Crippen molar-refractivity contribution in [3.05, 3.63) is 48.8 Å². The van der Waals surface area contributed by atoms with Gasteiger partial charge in [0.25, 0.3) is 0 Å². The van der Waals surface area contributed by atoms with Crippen molar-refractivity contribution in [2.45, 2.75) is 39.3 Å². The van der Waals surface area contributed by atoms with Gasteiger partial charge in [-0.3, -0.25) is 9.78 Å². The number of benzene rings is 1. The molecule has 0 aliphatic carbocycles. The minimum Gasteiger partial charge on any atom is -0.444 e. The minimum atomic E-state index is -0.713. The number of anilines is 1. The van der Waals surface area contributed by atoms with Crippen molar-refractivity contribution in [3.63, 3.8) is 0 Å². The lowest BCUT2D eigenvalue weighted by Crippen LogP contribution is -2.43. The zero-order valence-corrected chi connectivity index (χ0v) is 14.9. The monoisotopic (exact) mass is 341 g/mol. The SMILES string of the molecule is CC(NC(=O)OC(C)(C)C)C(=O)Nc1ccc(-c2ccncc2)cc1. The molecule has 1 atom stereocenters. The van der Waals surface area contributed by atoms with Crippen molar-refractivity contribution >= 4 is 17.7 Å². The average Bonchev–Trinajstić information content (AvgIpc) is 2.54. The summed E-state index contributed by atoms with van der Waals surface area (Å²) in [6.07, 6.45) is 2.84. The maximum atomic E-state index is 12.2. The average molecular weight is 341 g/mol. The maximum Gasteiger partial charge on any atom is 0.408 e. The Balaban J connectivity index is 1.93. The van der Waals surface area contributed by atoms with E-state index in [4.69, 9.17) is 4.74 Å². The van der Waals surface area contributed by atoms with E-state index in [0.29, 0.717) is 5.69 Å². The summed E-state index contributed by atoms with van der Waals surface area (Å²) in [6.45, 7) is 6.90. The van der Waals surface area contributed by atoms with Gasteiger partial charge in [0.2, 0.25) is 5.91 Å². The van der Waals surface area contributed by atoms with Crippen LogP contribution < -0.4 is 10.6 Å². The quantitative estimate of drug-likeness (QED) is 0.890. The Kier molecular flexibility index (Phi) is 5.75. The predicted octanol–water partition coefficient (Wildman–Crippen LogP) is 3.60. The van der Waals surface area contributed by atoms with Crippen LogP contribution in [0.2, 0.25) is 0 Å². The first kappa shape index (κ1) is 18.4. The van der Waals surface area contributed by atoms with Gasteiger partial charge in [-0.2, -0.15) is 0 Å². The molecule has 1 aromatic heterocycles. The second kappa shape index (κ2) is 7.79. The van der Waals surface area contributed by atoms with Crippen molar-refractivity contribution in [3.8, 4) is 11.1 Å². The summed E-state index contributed by atoms with van der Waals surface area (Å²) in [4.78, 5) is 27.9. The summed E-state index contributed by atoms with van der Waals surface area (Å²) >= 11 is 0. The highest BCUT2D eigenvalue weighted by Crippen LogP contribution is 2.20. The second-order valence-corrected chi connectivity index (χ2v) is 6.67. The van der Waals surface area contributed by atoms with Crippen LogP contribution in [0, 0.1) is 0 Å². The number of alkyl carbamates (subject to hydrolysis) is 1. The van der Waals surface area contributed by atoms with E-state index in [1.54, 1.807) is 40.1 Å². The van der Waals surface area contributed by atoms with E-state index in [0.717, 1.165) is 11.1 Å². The highest BCUT2D eigenvalue weighted by atomic mass is 16.6. The van der Waals surface area contributed by atoms with Crippen LogP contribution in [0.1, 0.15) is 27.7 Å². The molecule has 2 N–H and O–H groups in total. The van der Waals surface area contributed by atoms with Crippen LogP contribution in [0.4, 0.5) is 10.5 Å². The van der Waals surface area contributed by atoms with Crippen LogP contribution in [0.25, 0.3) is 11.1 Å². The summed E-state index contributed by atoms with van der Waals surface area (Å²) in [5.41, 5.74) is 2.12. The molecule has 0 aliphatic heterocycles. The summed E-state index contributed by atoms with van der Waals surface area (Å²) in [5.74, 6) is -0.317. The van der Waals surface area contributed by atoms with Gasteiger partial charge in [-0.15, -0.1) is 0 Å². The fourth-order valence-electron chi connectivity index (χ4n) is 2.09. The lowest BCUT2D eigenvalue weighted by molar-refractivity contribution is -0.117. The molecule has 2 amide bonds. The molecule has 1 heterocycles. The fourth-order valence-corrected chi connectivity index (χ4v) is 2.09. The summed E-state index contributed by atoms with van der Waals surface area (Å²) in [6, 6.07) is 10.6. The number of nitrogens with one attached hydrogen (secondary N) is 2. The van der Waals surface area contributed by atoms with E-state index in [9.17, 15) is 9.59 Å². The number of carbonyl (C=O) groups excluding carboxylic acids is 2. The largest absolute Gasteiger partial charge is 0.444 e. The van der Waals surface area contributed by atoms with Gasteiger partial charge in [-0.1, -0.05) is 12.1 Å². The van der Waals surface area contributed by atoms with Gasteiger partial charge in [0.1, 0.15) is 11.6 Å². The Morgan fingerprint density at radius 2 is 1.56 bits per heavy atom. The number of nitrogens with zero attached hydrogens (tertiary/aromatic N) is 1. The van der Waals surface area contributed by atoms with Crippen LogP contribution in [0.5, 0.6) is 0 Å². The van der Waals surface area contributed by atoms with Crippen molar-refractivity contribution in [1.29, 1.82) is 0 Å². The molecule has 0 spiro atoms. The molecular formula is C19H23N3O3. The van der Waals surface area contributed by atoms with Gasteiger partial charge in [0, 0.05) is 18.1 Å². The van der Waals surface area contributed by atoms with Gasteiger partial charge < -0.3 is 15.4 Å². The lowest BCUT2D eigenvalue weighted by atomic mass is 10.1. The summed E-state index contributed by atoms with van der Waals surface area (Å²) in [7, 11) is 0. The van der Waals surface area contributed by atoms with Crippen LogP contribution in [0.3, 0.4) is 0 Å². The third-order valence-corrected chi connectivity index (χ3v) is 3.29. The first-order chi connectivity index (χ1) is 11.7. The van der Waals surface area contributed by atoms with Gasteiger partial charge in [0.05, 0.1) is 0 Å². The molecule has 6 nitrogen and oxygen atoms in total.